The van der Waals surface area contributed by atoms with E-state index < -0.39 is 0 Å². The molecule has 1 amide bonds. The monoisotopic (exact) mass is 313 g/mol. The predicted molar refractivity (Wildman–Crippen MR) is 85.5 cm³/mol. The predicted octanol–water partition coefficient (Wildman–Crippen LogP) is 1.68. The highest BCUT2D eigenvalue weighted by molar-refractivity contribution is 5.85. The van der Waals surface area contributed by atoms with Crippen LogP contribution in [0.1, 0.15) is 33.1 Å². The number of carbonyl (C=O) groups excluding carboxylic acids is 1. The Hall–Kier alpha value is -0.0300. The van der Waals surface area contributed by atoms with Crippen molar-refractivity contribution < 1.29 is 4.79 Å². The molecule has 0 spiro atoms. The van der Waals surface area contributed by atoms with Gasteiger partial charge in [0, 0.05) is 13.1 Å². The van der Waals surface area contributed by atoms with Gasteiger partial charge in [-0.05, 0) is 38.9 Å². The molecule has 1 heterocycles. The van der Waals surface area contributed by atoms with Gasteiger partial charge in [0.15, 0.2) is 0 Å². The minimum atomic E-state index is 0. The van der Waals surface area contributed by atoms with Gasteiger partial charge >= 0.3 is 0 Å². The van der Waals surface area contributed by atoms with Crippen molar-refractivity contribution in [1.82, 2.24) is 15.5 Å². The van der Waals surface area contributed by atoms with E-state index in [4.69, 9.17) is 0 Å². The smallest absolute Gasteiger partial charge is 0.237 e. The molecule has 1 rings (SSSR count). The van der Waals surface area contributed by atoms with Crippen LogP contribution in [0.15, 0.2) is 0 Å². The van der Waals surface area contributed by atoms with Crippen LogP contribution in [0, 0.1) is 5.41 Å². The number of carbonyl (C=O) groups is 1. The number of amides is 1. The lowest BCUT2D eigenvalue weighted by Crippen LogP contribution is -2.49. The Morgan fingerprint density at radius 1 is 1.32 bits per heavy atom. The fourth-order valence-corrected chi connectivity index (χ4v) is 2.44. The highest BCUT2D eigenvalue weighted by Gasteiger charge is 2.24. The maximum Gasteiger partial charge on any atom is 0.237 e. The second-order valence-corrected chi connectivity index (χ2v) is 6.12. The lowest BCUT2D eigenvalue weighted by molar-refractivity contribution is -0.124. The molecule has 19 heavy (non-hydrogen) atoms. The van der Waals surface area contributed by atoms with Gasteiger partial charge in [0.05, 0.1) is 6.04 Å². The summed E-state index contributed by atoms with van der Waals surface area (Å²) in [6.45, 7) is 7.05. The van der Waals surface area contributed by atoms with Gasteiger partial charge in [-0.1, -0.05) is 20.3 Å². The Kier molecular flexibility index (Phi) is 11.0. The normalized spacial score (nSPS) is 19.3. The summed E-state index contributed by atoms with van der Waals surface area (Å²) in [5, 5.41) is 6.34. The molecule has 1 aliphatic rings. The highest BCUT2D eigenvalue weighted by atomic mass is 35.5. The highest BCUT2D eigenvalue weighted by Crippen LogP contribution is 2.14. The summed E-state index contributed by atoms with van der Waals surface area (Å²) >= 11 is 0. The fourth-order valence-electron chi connectivity index (χ4n) is 2.44. The van der Waals surface area contributed by atoms with Crippen LogP contribution < -0.4 is 10.6 Å². The number of hydrogen-bond acceptors (Lipinski definition) is 3. The quantitative estimate of drug-likeness (QED) is 0.811. The molecule has 0 bridgehead atoms. The van der Waals surface area contributed by atoms with Gasteiger partial charge in [-0.3, -0.25) is 4.79 Å². The van der Waals surface area contributed by atoms with Crippen molar-refractivity contribution in [3.05, 3.63) is 0 Å². The second-order valence-electron chi connectivity index (χ2n) is 6.12. The number of halogens is 2. The van der Waals surface area contributed by atoms with Crippen molar-refractivity contribution in [3.8, 4) is 0 Å². The molecule has 0 radical (unpaired) electrons. The van der Waals surface area contributed by atoms with E-state index >= 15 is 0 Å². The van der Waals surface area contributed by atoms with Crippen molar-refractivity contribution in [3.63, 3.8) is 0 Å². The number of piperidine rings is 1. The molecule has 4 nitrogen and oxygen atoms in total. The van der Waals surface area contributed by atoms with Crippen LogP contribution in [0.5, 0.6) is 0 Å². The van der Waals surface area contributed by atoms with Crippen molar-refractivity contribution >= 4 is 30.7 Å². The first kappa shape index (κ1) is 21.3. The third-order valence-corrected chi connectivity index (χ3v) is 3.11. The van der Waals surface area contributed by atoms with E-state index in [0.717, 1.165) is 32.5 Å². The van der Waals surface area contributed by atoms with Gasteiger partial charge in [-0.15, -0.1) is 24.8 Å². The van der Waals surface area contributed by atoms with Crippen LogP contribution in [0.3, 0.4) is 0 Å². The average molecular weight is 314 g/mol. The Balaban J connectivity index is 0. The van der Waals surface area contributed by atoms with Crippen LogP contribution in [-0.4, -0.2) is 50.6 Å². The molecule has 0 aromatic carbocycles. The molecule has 6 heteroatoms. The van der Waals surface area contributed by atoms with E-state index in [1.807, 2.05) is 0 Å². The molecule has 1 saturated heterocycles. The standard InChI is InChI=1S/C13H27N3O.2ClH/c1-13(2,10-16(3)4)9-15-12(17)11-7-5-6-8-14-11;;/h11,14H,5-10H2,1-4H3,(H,15,17);2*1H/t11-;;/m1../s1. The lowest BCUT2D eigenvalue weighted by Gasteiger charge is -2.30. The molecule has 0 aromatic rings. The summed E-state index contributed by atoms with van der Waals surface area (Å²) < 4.78 is 0. The van der Waals surface area contributed by atoms with Gasteiger partial charge < -0.3 is 15.5 Å². The summed E-state index contributed by atoms with van der Waals surface area (Å²) in [5.41, 5.74) is 0.119. The molecule has 0 saturated carbocycles. The summed E-state index contributed by atoms with van der Waals surface area (Å²) in [7, 11) is 4.12. The molecule has 0 aliphatic carbocycles. The topological polar surface area (TPSA) is 44.4 Å². The van der Waals surface area contributed by atoms with Crippen molar-refractivity contribution in [2.45, 2.75) is 39.2 Å². The third kappa shape index (κ3) is 8.69. The van der Waals surface area contributed by atoms with Crippen molar-refractivity contribution in [1.29, 1.82) is 0 Å². The first-order valence-corrected chi connectivity index (χ1v) is 6.56. The fraction of sp³-hybridized carbons (Fsp3) is 0.923. The molecule has 1 aliphatic heterocycles. The molecular weight excluding hydrogens is 285 g/mol. The third-order valence-electron chi connectivity index (χ3n) is 3.11. The van der Waals surface area contributed by atoms with Gasteiger partial charge in [0.25, 0.3) is 0 Å². The van der Waals surface area contributed by atoms with E-state index in [1.54, 1.807) is 0 Å². The second kappa shape index (κ2) is 9.81. The first-order chi connectivity index (χ1) is 7.91. The van der Waals surface area contributed by atoms with Crippen molar-refractivity contribution in [2.24, 2.45) is 5.41 Å². The first-order valence-electron chi connectivity index (χ1n) is 6.56. The summed E-state index contributed by atoms with van der Waals surface area (Å²) in [4.78, 5) is 14.1. The molecule has 1 atom stereocenters. The average Bonchev–Trinajstić information content (AvgIpc) is 2.25. The Labute approximate surface area is 129 Å². The van der Waals surface area contributed by atoms with E-state index in [2.05, 4.69) is 43.5 Å². The molecule has 0 aromatic heterocycles. The van der Waals surface area contributed by atoms with Crippen LogP contribution in [0.2, 0.25) is 0 Å². The molecule has 2 N–H and O–H groups in total. The van der Waals surface area contributed by atoms with E-state index in [0.29, 0.717) is 0 Å². The zero-order valence-corrected chi connectivity index (χ0v) is 14.1. The maximum absolute atomic E-state index is 11.9. The lowest BCUT2D eigenvalue weighted by atomic mass is 9.92. The Morgan fingerprint density at radius 3 is 2.42 bits per heavy atom. The minimum absolute atomic E-state index is 0. The van der Waals surface area contributed by atoms with Crippen LogP contribution >= 0.6 is 24.8 Å². The Bertz CT molecular complexity index is 254. The summed E-state index contributed by atoms with van der Waals surface area (Å²) in [6.07, 6.45) is 3.32. The Morgan fingerprint density at radius 2 is 1.95 bits per heavy atom. The number of nitrogens with zero attached hydrogens (tertiary/aromatic N) is 1. The van der Waals surface area contributed by atoms with E-state index in [1.165, 1.54) is 6.42 Å². The number of nitrogens with one attached hydrogen (secondary N) is 2. The van der Waals surface area contributed by atoms with Gasteiger partial charge in [-0.2, -0.15) is 0 Å². The molecule has 116 valence electrons. The van der Waals surface area contributed by atoms with Crippen LogP contribution in [0.4, 0.5) is 0 Å². The molecule has 0 unspecified atom stereocenters. The van der Waals surface area contributed by atoms with Gasteiger partial charge in [-0.25, -0.2) is 0 Å². The van der Waals surface area contributed by atoms with Crippen molar-refractivity contribution in [2.75, 3.05) is 33.7 Å². The number of rotatable bonds is 5. The molecule has 1 fully saturated rings. The van der Waals surface area contributed by atoms with Crippen LogP contribution in [0.25, 0.3) is 0 Å². The molecular formula is C13H29Cl2N3O. The minimum Gasteiger partial charge on any atom is -0.354 e. The summed E-state index contributed by atoms with van der Waals surface area (Å²) in [6, 6.07) is 0.0268. The van der Waals surface area contributed by atoms with Crippen LogP contribution in [-0.2, 0) is 4.79 Å². The summed E-state index contributed by atoms with van der Waals surface area (Å²) in [5.74, 6) is 0.163. The zero-order valence-electron chi connectivity index (χ0n) is 12.5. The van der Waals surface area contributed by atoms with Gasteiger partial charge in [0.2, 0.25) is 5.91 Å². The number of hydrogen-bond donors (Lipinski definition) is 2. The van der Waals surface area contributed by atoms with E-state index in [9.17, 15) is 4.79 Å². The van der Waals surface area contributed by atoms with E-state index in [-0.39, 0.29) is 42.2 Å². The zero-order chi connectivity index (χ0) is 12.9. The largest absolute Gasteiger partial charge is 0.354 e. The van der Waals surface area contributed by atoms with Gasteiger partial charge in [0.1, 0.15) is 0 Å². The maximum atomic E-state index is 11.9. The SMILES string of the molecule is CN(C)CC(C)(C)CNC(=O)[C@H]1CCCCN1.Cl.Cl.